The van der Waals surface area contributed by atoms with E-state index in [0.717, 1.165) is 16.9 Å². The van der Waals surface area contributed by atoms with Gasteiger partial charge in [0.15, 0.2) is 5.82 Å². The lowest BCUT2D eigenvalue weighted by Gasteiger charge is -2.00. The molecule has 0 aliphatic heterocycles. The van der Waals surface area contributed by atoms with E-state index in [1.165, 1.54) is 0 Å². The van der Waals surface area contributed by atoms with Crippen molar-refractivity contribution in [3.05, 3.63) is 24.7 Å². The Hall–Kier alpha value is -1.71. The predicted octanol–water partition coefficient (Wildman–Crippen LogP) is 1.07. The lowest BCUT2D eigenvalue weighted by Crippen LogP contribution is -1.95. The first-order chi connectivity index (χ1) is 5.92. The van der Waals surface area contributed by atoms with Crippen LogP contribution in [0.1, 0.15) is 0 Å². The highest BCUT2D eigenvalue weighted by molar-refractivity contribution is 5.84. The second kappa shape index (κ2) is 2.73. The normalized spacial score (nSPS) is 10.1. The molecule has 0 fully saturated rings. The van der Waals surface area contributed by atoms with Gasteiger partial charge in [-0.25, -0.2) is 9.97 Å². The molecule has 0 unspecified atom stereocenters. The summed E-state index contributed by atoms with van der Waals surface area (Å²) in [6.07, 6.45) is 5.04. The fraction of sp³-hybridized carbons (Fsp3) is 0.125. The van der Waals surface area contributed by atoms with Gasteiger partial charge in [-0.3, -0.25) is 4.98 Å². The van der Waals surface area contributed by atoms with Crippen LogP contribution in [0.3, 0.4) is 0 Å². The van der Waals surface area contributed by atoms with Crippen molar-refractivity contribution >= 4 is 16.9 Å². The summed E-state index contributed by atoms with van der Waals surface area (Å²) >= 11 is 0. The average Bonchev–Trinajstić information content (AvgIpc) is 2.17. The van der Waals surface area contributed by atoms with Gasteiger partial charge in [0.1, 0.15) is 5.52 Å². The largest absolute Gasteiger partial charge is 0.371 e. The van der Waals surface area contributed by atoms with Gasteiger partial charge < -0.3 is 5.32 Å². The van der Waals surface area contributed by atoms with Gasteiger partial charge in [0, 0.05) is 25.6 Å². The van der Waals surface area contributed by atoms with Crippen LogP contribution in [-0.4, -0.2) is 22.0 Å². The fourth-order valence-electron chi connectivity index (χ4n) is 1.08. The van der Waals surface area contributed by atoms with Gasteiger partial charge in [-0.15, -0.1) is 0 Å². The maximum atomic E-state index is 4.16. The third-order valence-corrected chi connectivity index (χ3v) is 1.62. The van der Waals surface area contributed by atoms with E-state index >= 15 is 0 Å². The molecule has 0 radical (unpaired) electrons. The van der Waals surface area contributed by atoms with E-state index in [4.69, 9.17) is 0 Å². The minimum absolute atomic E-state index is 0.764. The van der Waals surface area contributed by atoms with Crippen LogP contribution in [0.15, 0.2) is 24.7 Å². The Balaban J connectivity index is 2.79. The van der Waals surface area contributed by atoms with Crippen LogP contribution < -0.4 is 5.32 Å². The predicted molar refractivity (Wildman–Crippen MR) is 46.9 cm³/mol. The number of anilines is 1. The molecular formula is C8H8N4. The minimum Gasteiger partial charge on any atom is -0.371 e. The molecule has 2 heterocycles. The highest BCUT2D eigenvalue weighted by Crippen LogP contribution is 2.14. The fourth-order valence-corrected chi connectivity index (χ4v) is 1.08. The zero-order chi connectivity index (χ0) is 8.39. The van der Waals surface area contributed by atoms with Crippen LogP contribution in [-0.2, 0) is 0 Å². The van der Waals surface area contributed by atoms with Gasteiger partial charge in [0.05, 0.1) is 5.52 Å². The Bertz CT molecular complexity index is 394. The number of nitrogens with one attached hydrogen (secondary N) is 1. The average molecular weight is 160 g/mol. The second-order valence-electron chi connectivity index (χ2n) is 2.33. The smallest absolute Gasteiger partial charge is 0.153 e. The monoisotopic (exact) mass is 160 g/mol. The molecule has 0 atom stereocenters. The summed E-state index contributed by atoms with van der Waals surface area (Å²) in [5.74, 6) is 0.764. The molecule has 0 aliphatic carbocycles. The van der Waals surface area contributed by atoms with Crippen molar-refractivity contribution in [3.63, 3.8) is 0 Å². The molecule has 60 valence electrons. The van der Waals surface area contributed by atoms with Gasteiger partial charge >= 0.3 is 0 Å². The molecule has 2 aromatic rings. The van der Waals surface area contributed by atoms with Crippen molar-refractivity contribution in [1.82, 2.24) is 15.0 Å². The third-order valence-electron chi connectivity index (χ3n) is 1.62. The van der Waals surface area contributed by atoms with Crippen LogP contribution in [0.2, 0.25) is 0 Å². The summed E-state index contributed by atoms with van der Waals surface area (Å²) in [5.41, 5.74) is 1.67. The SMILES string of the molecule is CNc1nccc2nccnc12. The Morgan fingerprint density at radius 2 is 1.92 bits per heavy atom. The molecule has 0 amide bonds. The zero-order valence-corrected chi connectivity index (χ0v) is 6.65. The number of aromatic nitrogens is 3. The van der Waals surface area contributed by atoms with Crippen LogP contribution in [0.5, 0.6) is 0 Å². The number of fused-ring (bicyclic) bond motifs is 1. The van der Waals surface area contributed by atoms with E-state index in [0.29, 0.717) is 0 Å². The number of hydrogen-bond acceptors (Lipinski definition) is 4. The van der Waals surface area contributed by atoms with Gasteiger partial charge in [0.25, 0.3) is 0 Å². The second-order valence-corrected chi connectivity index (χ2v) is 2.33. The molecule has 0 saturated carbocycles. The van der Waals surface area contributed by atoms with Crippen molar-refractivity contribution in [1.29, 1.82) is 0 Å². The first-order valence-corrected chi connectivity index (χ1v) is 3.65. The van der Waals surface area contributed by atoms with Crippen LogP contribution in [0, 0.1) is 0 Å². The van der Waals surface area contributed by atoms with Crippen LogP contribution in [0.4, 0.5) is 5.82 Å². The summed E-state index contributed by atoms with van der Waals surface area (Å²) in [6, 6.07) is 1.84. The summed E-state index contributed by atoms with van der Waals surface area (Å²) in [4.78, 5) is 12.4. The molecule has 2 rings (SSSR count). The van der Waals surface area contributed by atoms with Gasteiger partial charge in [-0.1, -0.05) is 0 Å². The van der Waals surface area contributed by atoms with E-state index in [-0.39, 0.29) is 0 Å². The number of hydrogen-bond donors (Lipinski definition) is 1. The van der Waals surface area contributed by atoms with Crippen molar-refractivity contribution in [2.75, 3.05) is 12.4 Å². The van der Waals surface area contributed by atoms with E-state index in [1.54, 1.807) is 18.6 Å². The summed E-state index contributed by atoms with van der Waals surface area (Å²) in [5, 5.41) is 2.96. The molecule has 0 aliphatic rings. The molecule has 0 saturated heterocycles. The van der Waals surface area contributed by atoms with Crippen LogP contribution in [0.25, 0.3) is 11.0 Å². The Kier molecular flexibility index (Phi) is 1.59. The molecule has 4 heteroatoms. The van der Waals surface area contributed by atoms with E-state index < -0.39 is 0 Å². The molecule has 0 aromatic carbocycles. The van der Waals surface area contributed by atoms with Gasteiger partial charge in [-0.2, -0.15) is 0 Å². The van der Waals surface area contributed by atoms with Crippen molar-refractivity contribution in [2.45, 2.75) is 0 Å². The Labute approximate surface area is 69.7 Å². The Morgan fingerprint density at radius 1 is 1.08 bits per heavy atom. The maximum absolute atomic E-state index is 4.16. The highest BCUT2D eigenvalue weighted by atomic mass is 15.0. The molecule has 2 aromatic heterocycles. The topological polar surface area (TPSA) is 50.7 Å². The van der Waals surface area contributed by atoms with Gasteiger partial charge in [0.2, 0.25) is 0 Å². The first kappa shape index (κ1) is 6.97. The quantitative estimate of drug-likeness (QED) is 0.677. The Morgan fingerprint density at radius 3 is 2.75 bits per heavy atom. The van der Waals surface area contributed by atoms with E-state index in [2.05, 4.69) is 20.3 Å². The standard InChI is InChI=1S/C8H8N4/c1-9-8-7-6(2-3-12-8)10-4-5-11-7/h2-5H,1H3,(H,9,12). The third kappa shape index (κ3) is 0.972. The number of rotatable bonds is 1. The molecule has 1 N–H and O–H groups in total. The van der Waals surface area contributed by atoms with Gasteiger partial charge in [-0.05, 0) is 6.07 Å². The minimum atomic E-state index is 0.764. The number of pyridine rings is 1. The van der Waals surface area contributed by atoms with Crippen molar-refractivity contribution in [3.8, 4) is 0 Å². The maximum Gasteiger partial charge on any atom is 0.153 e. The van der Waals surface area contributed by atoms with Crippen LogP contribution >= 0.6 is 0 Å². The lowest BCUT2D eigenvalue weighted by atomic mass is 10.3. The molecular weight excluding hydrogens is 152 g/mol. The summed E-state index contributed by atoms with van der Waals surface area (Å²) in [6.45, 7) is 0. The lowest BCUT2D eigenvalue weighted by molar-refractivity contribution is 1.23. The first-order valence-electron chi connectivity index (χ1n) is 3.65. The highest BCUT2D eigenvalue weighted by Gasteiger charge is 1.99. The summed E-state index contributed by atoms with van der Waals surface area (Å²) in [7, 11) is 1.82. The van der Waals surface area contributed by atoms with E-state index in [9.17, 15) is 0 Å². The zero-order valence-electron chi connectivity index (χ0n) is 6.65. The van der Waals surface area contributed by atoms with E-state index in [1.807, 2.05) is 13.1 Å². The molecule has 0 bridgehead atoms. The van der Waals surface area contributed by atoms with Crippen molar-refractivity contribution in [2.24, 2.45) is 0 Å². The van der Waals surface area contributed by atoms with Crippen molar-refractivity contribution < 1.29 is 0 Å². The summed E-state index contributed by atoms with van der Waals surface area (Å²) < 4.78 is 0. The molecule has 0 spiro atoms. The molecule has 4 nitrogen and oxygen atoms in total. The molecule has 12 heavy (non-hydrogen) atoms. The number of nitrogens with zero attached hydrogens (tertiary/aromatic N) is 3.